The van der Waals surface area contributed by atoms with E-state index in [9.17, 15) is 19.1 Å². The molecule has 188 valence electrons. The summed E-state index contributed by atoms with van der Waals surface area (Å²) in [6.45, 7) is 0.537. The number of aliphatic hydroxyl groups excluding tert-OH is 1. The van der Waals surface area contributed by atoms with Gasteiger partial charge in [0.2, 0.25) is 0 Å². The summed E-state index contributed by atoms with van der Waals surface area (Å²) in [7, 11) is 1.54. The lowest BCUT2D eigenvalue weighted by Crippen LogP contribution is -2.31. The number of amides is 2. The van der Waals surface area contributed by atoms with E-state index in [1.807, 2.05) is 0 Å². The third-order valence-corrected chi connectivity index (χ3v) is 6.13. The van der Waals surface area contributed by atoms with Crippen LogP contribution in [0.4, 0.5) is 20.6 Å². The molecule has 0 spiro atoms. The first-order chi connectivity index (χ1) is 17.4. The number of rotatable bonds is 8. The van der Waals surface area contributed by atoms with Gasteiger partial charge in [-0.1, -0.05) is 0 Å². The van der Waals surface area contributed by atoms with Gasteiger partial charge in [-0.05, 0) is 36.4 Å². The third kappa shape index (κ3) is 4.88. The van der Waals surface area contributed by atoms with E-state index >= 15 is 0 Å². The highest BCUT2D eigenvalue weighted by Crippen LogP contribution is 2.34. The fourth-order valence-corrected chi connectivity index (χ4v) is 4.35. The molecule has 2 aliphatic rings. The molecule has 0 aliphatic carbocycles. The Balaban J connectivity index is 1.17. The maximum Gasteiger partial charge on any atom is 0.414 e. The van der Waals surface area contributed by atoms with Crippen molar-refractivity contribution < 1.29 is 33.3 Å². The molecule has 0 bridgehead atoms. The van der Waals surface area contributed by atoms with E-state index in [4.69, 9.17) is 14.2 Å². The number of nitrogens with one attached hydrogen (secondary N) is 2. The Bertz CT molecular complexity index is 1320. The zero-order chi connectivity index (χ0) is 25.2. The van der Waals surface area contributed by atoms with Crippen LogP contribution in [0, 0.1) is 5.82 Å². The average molecular weight is 496 g/mol. The molecule has 1 aromatic heterocycles. The van der Waals surface area contributed by atoms with Gasteiger partial charge in [-0.2, -0.15) is 0 Å². The molecule has 2 aromatic carbocycles. The number of aromatic nitrogens is 1. The maximum absolute atomic E-state index is 14.5. The molecule has 1 saturated heterocycles. The molecule has 3 heterocycles. The van der Waals surface area contributed by atoms with E-state index in [0.29, 0.717) is 39.3 Å². The van der Waals surface area contributed by atoms with Crippen molar-refractivity contribution in [3.8, 4) is 11.5 Å². The summed E-state index contributed by atoms with van der Waals surface area (Å²) in [5.74, 6) is 0.402. The van der Waals surface area contributed by atoms with Gasteiger partial charge >= 0.3 is 6.09 Å². The van der Waals surface area contributed by atoms with Crippen molar-refractivity contribution >= 4 is 34.3 Å². The van der Waals surface area contributed by atoms with Crippen LogP contribution in [0.2, 0.25) is 0 Å². The first kappa shape index (κ1) is 23.8. The number of hydrogen-bond acceptors (Lipinski definition) is 8. The molecule has 11 heteroatoms. The van der Waals surface area contributed by atoms with Gasteiger partial charge in [0, 0.05) is 36.1 Å². The molecule has 10 nitrogen and oxygen atoms in total. The Morgan fingerprint density at radius 2 is 2.17 bits per heavy atom. The summed E-state index contributed by atoms with van der Waals surface area (Å²) >= 11 is 0. The summed E-state index contributed by atoms with van der Waals surface area (Å²) in [6.07, 6.45) is -0.522. The number of halogens is 1. The van der Waals surface area contributed by atoms with Crippen LogP contribution in [-0.2, 0) is 16.1 Å². The van der Waals surface area contributed by atoms with Gasteiger partial charge in [-0.25, -0.2) is 9.18 Å². The lowest BCUT2D eigenvalue weighted by Gasteiger charge is -2.21. The predicted molar refractivity (Wildman–Crippen MR) is 129 cm³/mol. The van der Waals surface area contributed by atoms with Crippen molar-refractivity contribution in [2.24, 2.45) is 0 Å². The lowest BCUT2D eigenvalue weighted by atomic mass is 10.1. The molecule has 5 rings (SSSR count). The van der Waals surface area contributed by atoms with Gasteiger partial charge in [0.1, 0.15) is 23.4 Å². The Hall–Kier alpha value is -3.96. The van der Waals surface area contributed by atoms with Crippen molar-refractivity contribution in [3.05, 3.63) is 54.0 Å². The summed E-state index contributed by atoms with van der Waals surface area (Å²) in [6, 6.07) is 10.3. The van der Waals surface area contributed by atoms with Crippen LogP contribution in [-0.4, -0.2) is 61.1 Å². The Labute approximate surface area is 206 Å². The van der Waals surface area contributed by atoms with Crippen molar-refractivity contribution in [3.63, 3.8) is 0 Å². The summed E-state index contributed by atoms with van der Waals surface area (Å²) in [5.41, 5.74) is 2.10. The molecule has 2 amide bonds. The number of methoxy groups -OCH3 is 1. The lowest BCUT2D eigenvalue weighted by molar-refractivity contribution is -0.118. The first-order valence-corrected chi connectivity index (χ1v) is 11.5. The molecule has 3 N–H and O–H groups in total. The van der Waals surface area contributed by atoms with Crippen LogP contribution in [0.15, 0.2) is 42.6 Å². The normalized spacial score (nSPS) is 17.9. The molecule has 1 fully saturated rings. The average Bonchev–Trinajstić information content (AvgIpc) is 3.24. The van der Waals surface area contributed by atoms with Crippen molar-refractivity contribution in [1.29, 1.82) is 0 Å². The number of carbonyl (C=O) groups excluding carboxylic acids is 2. The molecule has 0 radical (unpaired) electrons. The number of pyridine rings is 1. The number of aliphatic hydroxyl groups is 1. The zero-order valence-electron chi connectivity index (χ0n) is 19.5. The van der Waals surface area contributed by atoms with Gasteiger partial charge in [0.25, 0.3) is 5.91 Å². The quantitative estimate of drug-likeness (QED) is 0.435. The van der Waals surface area contributed by atoms with Crippen LogP contribution in [0.5, 0.6) is 11.5 Å². The Kier molecular flexibility index (Phi) is 6.57. The monoisotopic (exact) mass is 496 g/mol. The van der Waals surface area contributed by atoms with Gasteiger partial charge in [0.05, 0.1) is 37.2 Å². The fourth-order valence-electron chi connectivity index (χ4n) is 4.35. The Morgan fingerprint density at radius 1 is 1.31 bits per heavy atom. The molecule has 0 saturated carbocycles. The van der Waals surface area contributed by atoms with Crippen LogP contribution in [0.1, 0.15) is 12.0 Å². The maximum atomic E-state index is 14.5. The minimum absolute atomic E-state index is 0.0513. The van der Waals surface area contributed by atoms with Crippen LogP contribution < -0.4 is 25.0 Å². The highest BCUT2D eigenvalue weighted by atomic mass is 19.1. The predicted octanol–water partition coefficient (Wildman–Crippen LogP) is 2.58. The van der Waals surface area contributed by atoms with Gasteiger partial charge in [0.15, 0.2) is 6.61 Å². The zero-order valence-corrected chi connectivity index (χ0v) is 19.5. The number of hydrogen-bond donors (Lipinski definition) is 3. The van der Waals surface area contributed by atoms with Gasteiger partial charge in [-0.3, -0.25) is 14.7 Å². The van der Waals surface area contributed by atoms with Crippen LogP contribution >= 0.6 is 0 Å². The molecule has 36 heavy (non-hydrogen) atoms. The third-order valence-electron chi connectivity index (χ3n) is 6.13. The molecule has 2 aliphatic heterocycles. The molecule has 3 aromatic rings. The largest absolute Gasteiger partial charge is 0.497 e. The minimum Gasteiger partial charge on any atom is -0.497 e. The molecule has 0 unspecified atom stereocenters. The first-order valence-electron chi connectivity index (χ1n) is 11.5. The topological polar surface area (TPSA) is 122 Å². The van der Waals surface area contributed by atoms with E-state index in [1.54, 1.807) is 36.4 Å². The summed E-state index contributed by atoms with van der Waals surface area (Å²) < 4.78 is 30.5. The SMILES string of the molecule is COc1ccc2ncc(F)c(CNC[C@H](O)C[C@H]3CN(c4ccc5c(c4)NC(=O)CO5)C(=O)O3)c2c1. The number of fused-ring (bicyclic) bond motifs is 2. The van der Waals surface area contributed by atoms with E-state index in [1.165, 1.54) is 18.2 Å². The number of carbonyl (C=O) groups is 2. The number of cyclic esters (lactones) is 1. The Morgan fingerprint density at radius 3 is 3.00 bits per heavy atom. The van der Waals surface area contributed by atoms with Gasteiger partial charge < -0.3 is 30.0 Å². The van der Waals surface area contributed by atoms with Crippen molar-refractivity contribution in [1.82, 2.24) is 10.3 Å². The number of ether oxygens (including phenoxy) is 3. The smallest absolute Gasteiger partial charge is 0.414 e. The number of nitrogens with zero attached hydrogens (tertiary/aromatic N) is 2. The minimum atomic E-state index is -0.829. The van der Waals surface area contributed by atoms with Gasteiger partial charge in [-0.15, -0.1) is 0 Å². The van der Waals surface area contributed by atoms with E-state index in [-0.39, 0.29) is 38.6 Å². The van der Waals surface area contributed by atoms with Crippen LogP contribution in [0.3, 0.4) is 0 Å². The van der Waals surface area contributed by atoms with Crippen molar-refractivity contribution in [2.45, 2.75) is 25.2 Å². The second-order valence-corrected chi connectivity index (χ2v) is 8.62. The molecule has 2 atom stereocenters. The van der Waals surface area contributed by atoms with Crippen LogP contribution in [0.25, 0.3) is 10.9 Å². The standard InChI is InChI=1S/C25H25FN4O6/c1-34-16-3-4-21-18(8-16)19(20(26)11-28-21)10-27-9-15(31)7-17-12-30(25(33)36-17)14-2-5-23-22(6-14)29-24(32)13-35-23/h2-6,8,11,15,17,27,31H,7,9-10,12-13H2,1H3,(H,29,32)/t15-,17+/m1/s1. The molecular weight excluding hydrogens is 471 g/mol. The number of benzene rings is 2. The van der Waals surface area contributed by atoms with E-state index in [2.05, 4.69) is 15.6 Å². The summed E-state index contributed by atoms with van der Waals surface area (Å²) in [4.78, 5) is 29.6. The van der Waals surface area contributed by atoms with Crippen molar-refractivity contribution in [2.75, 3.05) is 37.0 Å². The molecular formula is C25H25FN4O6. The number of anilines is 2. The highest BCUT2D eigenvalue weighted by molar-refractivity contribution is 5.97. The second kappa shape index (κ2) is 9.96. The highest BCUT2D eigenvalue weighted by Gasteiger charge is 2.34. The van der Waals surface area contributed by atoms with E-state index < -0.39 is 24.1 Å². The second-order valence-electron chi connectivity index (χ2n) is 8.62. The fraction of sp³-hybridized carbons (Fsp3) is 0.320. The van der Waals surface area contributed by atoms with E-state index in [0.717, 1.165) is 0 Å². The summed E-state index contributed by atoms with van der Waals surface area (Å²) in [5, 5.41) is 16.9.